The van der Waals surface area contributed by atoms with Gasteiger partial charge in [-0.25, -0.2) is 9.78 Å². The molecule has 1 fully saturated rings. The number of carbonyl (C=O) groups is 1. The maximum atomic E-state index is 10.9. The molecule has 1 N–H and O–H groups in total. The highest BCUT2D eigenvalue weighted by Gasteiger charge is 2.21. The molecule has 1 aromatic rings. The van der Waals surface area contributed by atoms with Crippen LogP contribution in [0.2, 0.25) is 0 Å². The van der Waals surface area contributed by atoms with Gasteiger partial charge >= 0.3 is 5.97 Å². The minimum absolute atomic E-state index is 0.301. The van der Waals surface area contributed by atoms with Gasteiger partial charge in [0.15, 0.2) is 0 Å². The molecule has 0 aliphatic heterocycles. The number of aromatic carboxylic acids is 1. The van der Waals surface area contributed by atoms with Crippen LogP contribution in [0.1, 0.15) is 36.0 Å². The third-order valence-electron chi connectivity index (χ3n) is 3.23. The van der Waals surface area contributed by atoms with Crippen molar-refractivity contribution in [3.63, 3.8) is 0 Å². The lowest BCUT2D eigenvalue weighted by molar-refractivity contribution is 0.0697. The zero-order valence-electron chi connectivity index (χ0n) is 9.39. The van der Waals surface area contributed by atoms with E-state index >= 15 is 0 Å². The van der Waals surface area contributed by atoms with E-state index in [0.717, 1.165) is 5.82 Å². The van der Waals surface area contributed by atoms with Crippen molar-refractivity contribution in [3.8, 4) is 0 Å². The summed E-state index contributed by atoms with van der Waals surface area (Å²) < 4.78 is 0. The Bertz CT molecular complexity index is 386. The molecule has 1 aliphatic carbocycles. The molecule has 2 rings (SSSR count). The number of rotatable bonds is 3. The lowest BCUT2D eigenvalue weighted by atomic mass is 10.2. The first-order valence-electron chi connectivity index (χ1n) is 5.60. The minimum atomic E-state index is -0.900. The van der Waals surface area contributed by atoms with Crippen LogP contribution in [0.3, 0.4) is 0 Å². The summed E-state index contributed by atoms with van der Waals surface area (Å²) in [5, 5.41) is 8.91. The molecular formula is C12H16N2O2. The highest BCUT2D eigenvalue weighted by atomic mass is 16.4. The van der Waals surface area contributed by atoms with Gasteiger partial charge in [0.2, 0.25) is 0 Å². The Hall–Kier alpha value is -1.58. The fourth-order valence-electron chi connectivity index (χ4n) is 2.22. The monoisotopic (exact) mass is 220 g/mol. The Morgan fingerprint density at radius 2 is 2.19 bits per heavy atom. The van der Waals surface area contributed by atoms with E-state index < -0.39 is 5.97 Å². The zero-order chi connectivity index (χ0) is 11.5. The molecule has 1 aromatic heterocycles. The van der Waals surface area contributed by atoms with Crippen LogP contribution >= 0.6 is 0 Å². The van der Waals surface area contributed by atoms with Crippen molar-refractivity contribution in [2.45, 2.75) is 31.7 Å². The van der Waals surface area contributed by atoms with Crippen molar-refractivity contribution < 1.29 is 9.90 Å². The van der Waals surface area contributed by atoms with Crippen LogP contribution in [0.5, 0.6) is 0 Å². The molecule has 16 heavy (non-hydrogen) atoms. The second-order valence-electron chi connectivity index (χ2n) is 4.26. The number of pyridine rings is 1. The molecular weight excluding hydrogens is 204 g/mol. The predicted molar refractivity (Wildman–Crippen MR) is 61.9 cm³/mol. The molecule has 1 aliphatic rings. The van der Waals surface area contributed by atoms with Crippen LogP contribution in [-0.4, -0.2) is 29.1 Å². The van der Waals surface area contributed by atoms with E-state index in [-0.39, 0.29) is 0 Å². The summed E-state index contributed by atoms with van der Waals surface area (Å²) in [6, 6.07) is 3.67. The molecule has 0 amide bonds. The molecule has 1 saturated carbocycles. The highest BCUT2D eigenvalue weighted by molar-refractivity contribution is 5.88. The van der Waals surface area contributed by atoms with E-state index in [1.165, 1.54) is 31.7 Å². The lowest BCUT2D eigenvalue weighted by Crippen LogP contribution is -2.29. The molecule has 0 aromatic carbocycles. The summed E-state index contributed by atoms with van der Waals surface area (Å²) in [7, 11) is 1.99. The number of carboxylic acids is 1. The SMILES string of the molecule is CN(c1cc(C(=O)O)ccn1)C1CCCC1. The summed E-state index contributed by atoms with van der Waals surface area (Å²) in [6.45, 7) is 0. The maximum absolute atomic E-state index is 10.9. The average Bonchev–Trinajstić information content (AvgIpc) is 2.81. The average molecular weight is 220 g/mol. The first-order valence-corrected chi connectivity index (χ1v) is 5.60. The molecule has 0 radical (unpaired) electrons. The van der Waals surface area contributed by atoms with Gasteiger partial charge in [0.05, 0.1) is 5.56 Å². The van der Waals surface area contributed by atoms with Crippen molar-refractivity contribution >= 4 is 11.8 Å². The number of hydrogen-bond acceptors (Lipinski definition) is 3. The van der Waals surface area contributed by atoms with E-state index in [1.54, 1.807) is 12.3 Å². The Balaban J connectivity index is 2.18. The highest BCUT2D eigenvalue weighted by Crippen LogP contribution is 2.25. The Labute approximate surface area is 94.9 Å². The van der Waals surface area contributed by atoms with E-state index in [4.69, 9.17) is 5.11 Å². The normalized spacial score (nSPS) is 16.3. The standard InChI is InChI=1S/C12H16N2O2/c1-14(10-4-2-3-5-10)11-8-9(12(15)16)6-7-13-11/h6-8,10H,2-5H2,1H3,(H,15,16). The Morgan fingerprint density at radius 1 is 1.50 bits per heavy atom. The first-order chi connectivity index (χ1) is 7.68. The van der Waals surface area contributed by atoms with Crippen molar-refractivity contribution in [3.05, 3.63) is 23.9 Å². The smallest absolute Gasteiger partial charge is 0.335 e. The molecule has 0 unspecified atom stereocenters. The van der Waals surface area contributed by atoms with Crippen molar-refractivity contribution in [1.29, 1.82) is 0 Å². The first kappa shape index (κ1) is 10.9. The molecule has 0 spiro atoms. The van der Waals surface area contributed by atoms with Crippen LogP contribution in [0.15, 0.2) is 18.3 Å². The number of hydrogen-bond donors (Lipinski definition) is 1. The van der Waals surface area contributed by atoms with E-state index in [1.807, 2.05) is 7.05 Å². The number of carboxylic acid groups (broad SMARTS) is 1. The van der Waals surface area contributed by atoms with Gasteiger partial charge in [-0.05, 0) is 25.0 Å². The van der Waals surface area contributed by atoms with E-state index in [2.05, 4.69) is 9.88 Å². The van der Waals surface area contributed by atoms with Crippen LogP contribution < -0.4 is 4.90 Å². The van der Waals surface area contributed by atoms with E-state index in [9.17, 15) is 4.79 Å². The summed E-state index contributed by atoms with van der Waals surface area (Å²) >= 11 is 0. The van der Waals surface area contributed by atoms with Gasteiger partial charge < -0.3 is 10.0 Å². The second-order valence-corrected chi connectivity index (χ2v) is 4.26. The molecule has 0 atom stereocenters. The van der Waals surface area contributed by atoms with Gasteiger partial charge in [0.25, 0.3) is 0 Å². The summed E-state index contributed by atoms with van der Waals surface area (Å²) in [5.41, 5.74) is 0.301. The van der Waals surface area contributed by atoms with Crippen LogP contribution in [0, 0.1) is 0 Å². The van der Waals surface area contributed by atoms with Gasteiger partial charge in [-0.1, -0.05) is 12.8 Å². The third kappa shape index (κ3) is 2.15. The van der Waals surface area contributed by atoms with Gasteiger partial charge in [-0.15, -0.1) is 0 Å². The number of nitrogens with zero attached hydrogens (tertiary/aromatic N) is 2. The van der Waals surface area contributed by atoms with E-state index in [0.29, 0.717) is 11.6 Å². The Morgan fingerprint density at radius 3 is 2.81 bits per heavy atom. The summed E-state index contributed by atoms with van der Waals surface area (Å²) in [6.07, 6.45) is 6.43. The topological polar surface area (TPSA) is 53.4 Å². The lowest BCUT2D eigenvalue weighted by Gasteiger charge is -2.25. The quantitative estimate of drug-likeness (QED) is 0.848. The second kappa shape index (κ2) is 4.51. The summed E-state index contributed by atoms with van der Waals surface area (Å²) in [5.74, 6) is -0.143. The van der Waals surface area contributed by atoms with Crippen LogP contribution in [0.4, 0.5) is 5.82 Å². The molecule has 0 saturated heterocycles. The van der Waals surface area contributed by atoms with Crippen molar-refractivity contribution in [2.75, 3.05) is 11.9 Å². The molecule has 0 bridgehead atoms. The fraction of sp³-hybridized carbons (Fsp3) is 0.500. The predicted octanol–water partition coefficient (Wildman–Crippen LogP) is 2.16. The van der Waals surface area contributed by atoms with Gasteiger partial charge in [-0.3, -0.25) is 0 Å². The molecule has 4 heteroatoms. The molecule has 4 nitrogen and oxygen atoms in total. The fourth-order valence-corrected chi connectivity index (χ4v) is 2.22. The van der Waals surface area contributed by atoms with Crippen LogP contribution in [-0.2, 0) is 0 Å². The third-order valence-corrected chi connectivity index (χ3v) is 3.23. The molecule has 1 heterocycles. The van der Waals surface area contributed by atoms with Gasteiger partial charge in [-0.2, -0.15) is 0 Å². The zero-order valence-corrected chi connectivity index (χ0v) is 9.39. The summed E-state index contributed by atoms with van der Waals surface area (Å²) in [4.78, 5) is 17.2. The van der Waals surface area contributed by atoms with Gasteiger partial charge in [0, 0.05) is 19.3 Å². The van der Waals surface area contributed by atoms with Crippen LogP contribution in [0.25, 0.3) is 0 Å². The minimum Gasteiger partial charge on any atom is -0.478 e. The Kier molecular flexibility index (Phi) is 3.08. The number of anilines is 1. The largest absolute Gasteiger partial charge is 0.478 e. The maximum Gasteiger partial charge on any atom is 0.335 e. The molecule has 86 valence electrons. The van der Waals surface area contributed by atoms with Crippen molar-refractivity contribution in [2.24, 2.45) is 0 Å². The number of aromatic nitrogens is 1. The van der Waals surface area contributed by atoms with Crippen molar-refractivity contribution in [1.82, 2.24) is 4.98 Å². The van der Waals surface area contributed by atoms with Gasteiger partial charge in [0.1, 0.15) is 5.82 Å².